The normalized spacial score (nSPS) is 9.96. The number of hydrogen-bond donors (Lipinski definition) is 4. The van der Waals surface area contributed by atoms with Crippen LogP contribution in [0.15, 0.2) is 42.5 Å². The fourth-order valence-corrected chi connectivity index (χ4v) is 2.24. The molecule has 9 heteroatoms. The molecule has 0 aromatic heterocycles. The van der Waals surface area contributed by atoms with Gasteiger partial charge in [-0.2, -0.15) is 0 Å². The van der Waals surface area contributed by atoms with Crippen molar-refractivity contribution < 1.29 is 18.8 Å². The molecule has 26 heavy (non-hydrogen) atoms. The number of urea groups is 1. The smallest absolute Gasteiger partial charge is 0.321 e. The predicted octanol–water partition coefficient (Wildman–Crippen LogP) is 2.60. The molecule has 136 valence electrons. The highest BCUT2D eigenvalue weighted by Gasteiger charge is 2.14. The van der Waals surface area contributed by atoms with Crippen molar-refractivity contribution in [2.24, 2.45) is 0 Å². The van der Waals surface area contributed by atoms with E-state index < -0.39 is 23.7 Å². The summed E-state index contributed by atoms with van der Waals surface area (Å²) in [7, 11) is 1.39. The van der Waals surface area contributed by atoms with Gasteiger partial charge < -0.3 is 16.0 Å². The van der Waals surface area contributed by atoms with Gasteiger partial charge in [0.2, 0.25) is 5.91 Å². The zero-order valence-electron chi connectivity index (χ0n) is 13.7. The van der Waals surface area contributed by atoms with E-state index in [0.29, 0.717) is 5.69 Å². The van der Waals surface area contributed by atoms with Gasteiger partial charge in [-0.05, 0) is 30.3 Å². The lowest BCUT2D eigenvalue weighted by Crippen LogP contribution is -2.40. The third-order valence-corrected chi connectivity index (χ3v) is 3.58. The molecule has 0 atom stereocenters. The SMILES string of the molecule is CNC(=O)NC(=O)CNc1ccccc1C(=O)Nc1ccc(F)cc1Cl. The second-order valence-corrected chi connectivity index (χ2v) is 5.51. The molecule has 4 amide bonds. The Hall–Kier alpha value is -3.13. The van der Waals surface area contributed by atoms with Gasteiger partial charge in [-0.25, -0.2) is 9.18 Å². The number of anilines is 2. The Kier molecular flexibility index (Phi) is 6.51. The number of carbonyl (C=O) groups excluding carboxylic acids is 3. The van der Waals surface area contributed by atoms with E-state index in [2.05, 4.69) is 21.3 Å². The number of halogens is 2. The van der Waals surface area contributed by atoms with Crippen molar-refractivity contribution in [1.29, 1.82) is 0 Å². The van der Waals surface area contributed by atoms with Gasteiger partial charge in [0, 0.05) is 12.7 Å². The van der Waals surface area contributed by atoms with Crippen LogP contribution in [0.5, 0.6) is 0 Å². The molecule has 0 radical (unpaired) electrons. The van der Waals surface area contributed by atoms with Crippen molar-refractivity contribution >= 4 is 40.8 Å². The molecule has 2 aromatic carbocycles. The van der Waals surface area contributed by atoms with Crippen LogP contribution in [-0.4, -0.2) is 31.4 Å². The average molecular weight is 379 g/mol. The Bertz CT molecular complexity index is 845. The Morgan fingerprint density at radius 2 is 1.81 bits per heavy atom. The summed E-state index contributed by atoms with van der Waals surface area (Å²) in [6, 6.07) is 9.47. The highest BCUT2D eigenvalue weighted by atomic mass is 35.5. The molecule has 0 spiro atoms. The van der Waals surface area contributed by atoms with Crippen molar-refractivity contribution in [2.45, 2.75) is 0 Å². The molecule has 0 bridgehead atoms. The van der Waals surface area contributed by atoms with Crippen LogP contribution < -0.4 is 21.3 Å². The van der Waals surface area contributed by atoms with Gasteiger partial charge in [0.05, 0.1) is 22.8 Å². The first-order valence-electron chi connectivity index (χ1n) is 7.51. The molecule has 0 aliphatic carbocycles. The molecule has 2 rings (SSSR count). The zero-order valence-corrected chi connectivity index (χ0v) is 14.5. The summed E-state index contributed by atoms with van der Waals surface area (Å²) in [5.41, 5.74) is 0.890. The first-order valence-corrected chi connectivity index (χ1v) is 7.89. The quantitative estimate of drug-likeness (QED) is 0.642. The lowest BCUT2D eigenvalue weighted by Gasteiger charge is -2.13. The van der Waals surface area contributed by atoms with Crippen molar-refractivity contribution in [3.8, 4) is 0 Å². The molecule has 2 aromatic rings. The third-order valence-electron chi connectivity index (χ3n) is 3.27. The monoisotopic (exact) mass is 378 g/mol. The maximum absolute atomic E-state index is 13.1. The summed E-state index contributed by atoms with van der Waals surface area (Å²) in [5.74, 6) is -1.58. The topological polar surface area (TPSA) is 99.3 Å². The number of benzene rings is 2. The minimum atomic E-state index is -0.631. The van der Waals surface area contributed by atoms with Crippen molar-refractivity contribution in [3.05, 3.63) is 58.9 Å². The summed E-state index contributed by atoms with van der Waals surface area (Å²) in [4.78, 5) is 35.2. The van der Waals surface area contributed by atoms with Crippen LogP contribution in [0, 0.1) is 5.82 Å². The van der Waals surface area contributed by atoms with Crippen LogP contribution in [0.3, 0.4) is 0 Å². The summed E-state index contributed by atoms with van der Waals surface area (Å²) >= 11 is 5.90. The predicted molar refractivity (Wildman–Crippen MR) is 96.9 cm³/mol. The fourth-order valence-electron chi connectivity index (χ4n) is 2.02. The summed E-state index contributed by atoms with van der Waals surface area (Å²) < 4.78 is 13.1. The molecule has 7 nitrogen and oxygen atoms in total. The Labute approximate surface area is 153 Å². The Balaban J connectivity index is 2.08. The summed E-state index contributed by atoms with van der Waals surface area (Å²) in [5, 5.41) is 9.79. The molecular formula is C17H16ClFN4O3. The van der Waals surface area contributed by atoms with Crippen LogP contribution in [-0.2, 0) is 4.79 Å². The van der Waals surface area contributed by atoms with E-state index in [1.165, 1.54) is 19.2 Å². The summed E-state index contributed by atoms with van der Waals surface area (Å²) in [6.07, 6.45) is 0. The number of nitrogens with one attached hydrogen (secondary N) is 4. The largest absolute Gasteiger partial charge is 0.375 e. The van der Waals surface area contributed by atoms with E-state index >= 15 is 0 Å². The van der Waals surface area contributed by atoms with Crippen LogP contribution >= 0.6 is 11.6 Å². The maximum Gasteiger partial charge on any atom is 0.321 e. The lowest BCUT2D eigenvalue weighted by molar-refractivity contribution is -0.118. The number of imide groups is 1. The van der Waals surface area contributed by atoms with Crippen LogP contribution in [0.1, 0.15) is 10.4 Å². The standard InChI is InChI=1S/C17H16ClFN4O3/c1-20-17(26)23-15(24)9-21-13-5-3-2-4-11(13)16(25)22-14-7-6-10(19)8-12(14)18/h2-8,21H,9H2,1H3,(H,22,25)(H2,20,23,24,26). The minimum Gasteiger partial charge on any atom is -0.375 e. The number of rotatable bonds is 5. The van der Waals surface area contributed by atoms with Gasteiger partial charge in [0.25, 0.3) is 5.91 Å². The van der Waals surface area contributed by atoms with E-state index in [4.69, 9.17) is 11.6 Å². The van der Waals surface area contributed by atoms with Crippen LogP contribution in [0.25, 0.3) is 0 Å². The van der Waals surface area contributed by atoms with Gasteiger partial charge in [0.15, 0.2) is 0 Å². The molecular weight excluding hydrogens is 363 g/mol. The number of para-hydroxylation sites is 1. The molecule has 0 heterocycles. The fraction of sp³-hybridized carbons (Fsp3) is 0.118. The molecule has 0 fully saturated rings. The number of amides is 4. The molecule has 4 N–H and O–H groups in total. The molecule has 0 unspecified atom stereocenters. The highest BCUT2D eigenvalue weighted by molar-refractivity contribution is 6.34. The molecule has 0 aliphatic heterocycles. The van der Waals surface area contributed by atoms with Gasteiger partial charge in [-0.15, -0.1) is 0 Å². The second-order valence-electron chi connectivity index (χ2n) is 5.10. The van der Waals surface area contributed by atoms with E-state index in [1.807, 2.05) is 0 Å². The third kappa shape index (κ3) is 5.18. The molecule has 0 saturated heterocycles. The molecule has 0 aliphatic rings. The highest BCUT2D eigenvalue weighted by Crippen LogP contribution is 2.24. The van der Waals surface area contributed by atoms with Crippen LogP contribution in [0.4, 0.5) is 20.6 Å². The Morgan fingerprint density at radius 3 is 2.50 bits per heavy atom. The van der Waals surface area contributed by atoms with E-state index in [-0.39, 0.29) is 22.8 Å². The number of carbonyl (C=O) groups is 3. The number of hydrogen-bond acceptors (Lipinski definition) is 4. The van der Waals surface area contributed by atoms with Crippen LogP contribution in [0.2, 0.25) is 5.02 Å². The van der Waals surface area contributed by atoms with Crippen molar-refractivity contribution in [3.63, 3.8) is 0 Å². The minimum absolute atomic E-state index is 0.0637. The van der Waals surface area contributed by atoms with Gasteiger partial charge in [0.1, 0.15) is 5.82 Å². The second kappa shape index (κ2) is 8.82. The zero-order chi connectivity index (χ0) is 19.1. The summed E-state index contributed by atoms with van der Waals surface area (Å²) in [6.45, 7) is -0.213. The van der Waals surface area contributed by atoms with E-state index in [1.54, 1.807) is 24.3 Å². The van der Waals surface area contributed by atoms with Crippen molar-refractivity contribution in [2.75, 3.05) is 24.2 Å². The first-order chi connectivity index (χ1) is 12.4. The Morgan fingerprint density at radius 1 is 1.08 bits per heavy atom. The van der Waals surface area contributed by atoms with Crippen molar-refractivity contribution in [1.82, 2.24) is 10.6 Å². The van der Waals surface area contributed by atoms with E-state index in [9.17, 15) is 18.8 Å². The van der Waals surface area contributed by atoms with Gasteiger partial charge in [-0.3, -0.25) is 14.9 Å². The molecule has 0 saturated carbocycles. The maximum atomic E-state index is 13.1. The van der Waals surface area contributed by atoms with Gasteiger partial charge in [-0.1, -0.05) is 23.7 Å². The van der Waals surface area contributed by atoms with Gasteiger partial charge >= 0.3 is 6.03 Å². The first kappa shape index (κ1) is 19.2. The average Bonchev–Trinajstić information content (AvgIpc) is 2.62. The lowest BCUT2D eigenvalue weighted by atomic mass is 10.1. The van der Waals surface area contributed by atoms with E-state index in [0.717, 1.165) is 6.07 Å².